The smallest absolute Gasteiger partial charge is 0.338 e. The van der Waals surface area contributed by atoms with E-state index in [4.69, 9.17) is 4.74 Å². The quantitative estimate of drug-likeness (QED) is 0.444. The zero-order valence-corrected chi connectivity index (χ0v) is 17.3. The summed E-state index contributed by atoms with van der Waals surface area (Å²) in [5.74, 6) is -7.49. The van der Waals surface area contributed by atoms with Gasteiger partial charge in [-0.05, 0) is 37.3 Å². The first-order valence-corrected chi connectivity index (χ1v) is 10.0. The largest absolute Gasteiger partial charge is 0.452 e. The molecule has 0 aromatic heterocycles. The molecule has 1 atom stereocenters. The predicted molar refractivity (Wildman–Crippen MR) is 109 cm³/mol. The topological polar surface area (TPSA) is 114 Å². The SMILES string of the molecule is C[C@@H]1Sc2ccc(C(=O)OCC(=O)NCC(=O)Nc3ccc(F)c(F)c3F)cc2NC1=O. The van der Waals surface area contributed by atoms with Crippen molar-refractivity contribution in [2.75, 3.05) is 23.8 Å². The second kappa shape index (κ2) is 9.73. The fourth-order valence-electron chi connectivity index (χ4n) is 2.60. The zero-order chi connectivity index (χ0) is 23.4. The molecule has 0 saturated carbocycles. The monoisotopic (exact) mass is 467 g/mol. The normalized spacial score (nSPS) is 14.8. The van der Waals surface area contributed by atoms with E-state index in [9.17, 15) is 32.3 Å². The summed E-state index contributed by atoms with van der Waals surface area (Å²) < 4.78 is 44.5. The van der Waals surface area contributed by atoms with E-state index in [1.54, 1.807) is 13.0 Å². The van der Waals surface area contributed by atoms with Gasteiger partial charge >= 0.3 is 5.97 Å². The molecule has 12 heteroatoms. The lowest BCUT2D eigenvalue weighted by molar-refractivity contribution is -0.126. The van der Waals surface area contributed by atoms with Gasteiger partial charge in [-0.1, -0.05) is 0 Å². The number of anilines is 2. The number of nitrogens with one attached hydrogen (secondary N) is 3. The molecule has 8 nitrogen and oxygen atoms in total. The van der Waals surface area contributed by atoms with E-state index in [1.807, 2.05) is 5.32 Å². The van der Waals surface area contributed by atoms with Crippen LogP contribution in [0.1, 0.15) is 17.3 Å². The molecule has 32 heavy (non-hydrogen) atoms. The molecule has 1 heterocycles. The molecule has 2 aromatic carbocycles. The Hall–Kier alpha value is -3.54. The number of hydrogen-bond donors (Lipinski definition) is 3. The van der Waals surface area contributed by atoms with Gasteiger partial charge in [0.15, 0.2) is 24.1 Å². The van der Waals surface area contributed by atoms with Crippen molar-refractivity contribution in [1.29, 1.82) is 0 Å². The van der Waals surface area contributed by atoms with Crippen molar-refractivity contribution in [2.24, 2.45) is 0 Å². The maximum Gasteiger partial charge on any atom is 0.338 e. The summed E-state index contributed by atoms with van der Waals surface area (Å²) in [5.41, 5.74) is -0.0293. The van der Waals surface area contributed by atoms with E-state index in [1.165, 1.54) is 23.9 Å². The second-order valence-electron chi connectivity index (χ2n) is 6.58. The number of hydrogen-bond acceptors (Lipinski definition) is 6. The number of carbonyl (C=O) groups is 4. The minimum atomic E-state index is -1.74. The molecule has 1 aliphatic heterocycles. The molecule has 0 unspecified atom stereocenters. The van der Waals surface area contributed by atoms with E-state index < -0.39 is 54.1 Å². The molecule has 2 aromatic rings. The number of halogens is 3. The maximum atomic E-state index is 13.5. The Morgan fingerprint density at radius 1 is 1.09 bits per heavy atom. The van der Waals surface area contributed by atoms with Crippen LogP contribution in [0.2, 0.25) is 0 Å². The molecule has 168 valence electrons. The summed E-state index contributed by atoms with van der Waals surface area (Å²) in [6.07, 6.45) is 0. The molecule has 0 fully saturated rings. The highest BCUT2D eigenvalue weighted by Gasteiger charge is 2.24. The number of esters is 1. The van der Waals surface area contributed by atoms with Crippen molar-refractivity contribution < 1.29 is 37.1 Å². The van der Waals surface area contributed by atoms with Gasteiger partial charge in [0.25, 0.3) is 5.91 Å². The zero-order valence-electron chi connectivity index (χ0n) is 16.5. The molecule has 3 rings (SSSR count). The number of thioether (sulfide) groups is 1. The number of fused-ring (bicyclic) bond motifs is 1. The summed E-state index contributed by atoms with van der Waals surface area (Å²) in [7, 11) is 0. The van der Waals surface area contributed by atoms with Gasteiger partial charge in [-0.2, -0.15) is 0 Å². The molecule has 1 aliphatic rings. The number of amides is 3. The lowest BCUT2D eigenvalue weighted by Crippen LogP contribution is -2.35. The van der Waals surface area contributed by atoms with E-state index in [0.29, 0.717) is 11.8 Å². The molecular formula is C20H16F3N3O5S. The van der Waals surface area contributed by atoms with Gasteiger partial charge in [0.2, 0.25) is 11.8 Å². The predicted octanol–water partition coefficient (Wildman–Crippen LogP) is 2.45. The van der Waals surface area contributed by atoms with Gasteiger partial charge < -0.3 is 20.7 Å². The van der Waals surface area contributed by atoms with Crippen LogP contribution < -0.4 is 16.0 Å². The molecule has 0 aliphatic carbocycles. The average molecular weight is 467 g/mol. The molecule has 0 spiro atoms. The third-order valence-corrected chi connectivity index (χ3v) is 5.41. The average Bonchev–Trinajstić information content (AvgIpc) is 2.77. The van der Waals surface area contributed by atoms with Crippen molar-refractivity contribution >= 4 is 46.8 Å². The van der Waals surface area contributed by atoms with Crippen LogP contribution in [0.4, 0.5) is 24.5 Å². The van der Waals surface area contributed by atoms with Crippen LogP contribution in [0.25, 0.3) is 0 Å². The summed E-state index contributed by atoms with van der Waals surface area (Å²) >= 11 is 1.34. The summed E-state index contributed by atoms with van der Waals surface area (Å²) in [6.45, 7) is 0.411. The van der Waals surface area contributed by atoms with Crippen molar-refractivity contribution in [2.45, 2.75) is 17.1 Å². The van der Waals surface area contributed by atoms with Crippen LogP contribution in [-0.2, 0) is 19.1 Å². The standard InChI is InChI=1S/C20H16F3N3O5S/c1-9-19(29)26-13-6-10(2-5-14(13)32-9)20(30)31-8-16(28)24-7-15(27)25-12-4-3-11(21)17(22)18(12)23/h2-6,9H,7-8H2,1H3,(H,24,28)(H,25,27)(H,26,29)/t9-/m0/s1. The van der Waals surface area contributed by atoms with Crippen molar-refractivity contribution in [3.63, 3.8) is 0 Å². The third kappa shape index (κ3) is 5.38. The Labute approximate surface area is 183 Å². The first kappa shape index (κ1) is 23.1. The molecule has 3 N–H and O–H groups in total. The number of ether oxygens (including phenoxy) is 1. The Balaban J connectivity index is 1.47. The highest BCUT2D eigenvalue weighted by atomic mass is 32.2. The van der Waals surface area contributed by atoms with Gasteiger partial charge in [-0.15, -0.1) is 11.8 Å². The Bertz CT molecular complexity index is 1110. The highest BCUT2D eigenvalue weighted by Crippen LogP contribution is 2.36. The van der Waals surface area contributed by atoms with E-state index in [2.05, 4.69) is 10.6 Å². The third-order valence-electron chi connectivity index (χ3n) is 4.24. The lowest BCUT2D eigenvalue weighted by atomic mass is 10.2. The van der Waals surface area contributed by atoms with Crippen molar-refractivity contribution in [3.05, 3.63) is 53.3 Å². The highest BCUT2D eigenvalue weighted by molar-refractivity contribution is 8.00. The molecule has 3 amide bonds. The van der Waals surface area contributed by atoms with Crippen molar-refractivity contribution in [3.8, 4) is 0 Å². The van der Waals surface area contributed by atoms with E-state index in [-0.39, 0.29) is 16.7 Å². The lowest BCUT2D eigenvalue weighted by Gasteiger charge is -2.21. The maximum absolute atomic E-state index is 13.5. The van der Waals surface area contributed by atoms with Gasteiger partial charge in [0, 0.05) is 4.90 Å². The van der Waals surface area contributed by atoms with Gasteiger partial charge in [0.05, 0.1) is 28.7 Å². The number of carbonyl (C=O) groups excluding carboxylic acids is 4. The molecule has 0 radical (unpaired) electrons. The van der Waals surface area contributed by atoms with Crippen LogP contribution in [-0.4, -0.2) is 42.1 Å². The number of rotatable bonds is 6. The van der Waals surface area contributed by atoms with Crippen LogP contribution in [0.15, 0.2) is 35.2 Å². The van der Waals surface area contributed by atoms with Crippen LogP contribution in [0.5, 0.6) is 0 Å². The van der Waals surface area contributed by atoms with Gasteiger partial charge in [-0.25, -0.2) is 18.0 Å². The molecule has 0 saturated heterocycles. The van der Waals surface area contributed by atoms with E-state index in [0.717, 1.165) is 11.0 Å². The first-order chi connectivity index (χ1) is 15.2. The van der Waals surface area contributed by atoms with Crippen LogP contribution >= 0.6 is 11.8 Å². The van der Waals surface area contributed by atoms with Gasteiger partial charge in [0.1, 0.15) is 0 Å². The Kier molecular flexibility index (Phi) is 7.03. The second-order valence-corrected chi connectivity index (χ2v) is 7.97. The van der Waals surface area contributed by atoms with Gasteiger partial charge in [-0.3, -0.25) is 14.4 Å². The van der Waals surface area contributed by atoms with Crippen molar-refractivity contribution in [1.82, 2.24) is 5.32 Å². The first-order valence-electron chi connectivity index (χ1n) is 9.14. The summed E-state index contributed by atoms with van der Waals surface area (Å²) in [6, 6.07) is 6.03. The summed E-state index contributed by atoms with van der Waals surface area (Å²) in [5, 5.41) is 6.52. The summed E-state index contributed by atoms with van der Waals surface area (Å²) in [4.78, 5) is 48.2. The van der Waals surface area contributed by atoms with Crippen LogP contribution in [0.3, 0.4) is 0 Å². The Morgan fingerprint density at radius 3 is 2.59 bits per heavy atom. The van der Waals surface area contributed by atoms with Crippen LogP contribution in [0, 0.1) is 17.5 Å². The fraction of sp³-hybridized carbons (Fsp3) is 0.200. The fourth-order valence-corrected chi connectivity index (χ4v) is 3.53. The minimum absolute atomic E-state index is 0.110. The molecular weight excluding hydrogens is 451 g/mol. The minimum Gasteiger partial charge on any atom is -0.452 e. The Morgan fingerprint density at radius 2 is 1.84 bits per heavy atom. The number of benzene rings is 2. The molecule has 0 bridgehead atoms. The van der Waals surface area contributed by atoms with E-state index >= 15 is 0 Å².